The van der Waals surface area contributed by atoms with Gasteiger partial charge in [0.25, 0.3) is 5.56 Å². The Labute approximate surface area is 116 Å². The van der Waals surface area contributed by atoms with Crippen LogP contribution in [0.25, 0.3) is 0 Å². The lowest BCUT2D eigenvalue weighted by molar-refractivity contribution is 0.0523. The van der Waals surface area contributed by atoms with Crippen LogP contribution in [0.4, 0.5) is 0 Å². The summed E-state index contributed by atoms with van der Waals surface area (Å²) < 4.78 is 4.79. The molecule has 0 fully saturated rings. The van der Waals surface area contributed by atoms with Crippen molar-refractivity contribution in [2.45, 2.75) is 20.3 Å². The minimum absolute atomic E-state index is 0.0691. The zero-order chi connectivity index (χ0) is 14.5. The summed E-state index contributed by atoms with van der Waals surface area (Å²) in [4.78, 5) is 30.1. The number of carbonyl (C=O) groups excluding carboxylic acids is 1. The molecule has 5 nitrogen and oxygen atoms in total. The zero-order valence-corrected chi connectivity index (χ0v) is 11.5. The van der Waals surface area contributed by atoms with Crippen molar-refractivity contribution in [2.24, 2.45) is 0 Å². The molecule has 2 rings (SSSR count). The first kappa shape index (κ1) is 14.0. The summed E-state index contributed by atoms with van der Waals surface area (Å²) in [7, 11) is 0. The molecule has 1 heterocycles. The smallest absolute Gasteiger partial charge is 0.345 e. The summed E-state index contributed by atoms with van der Waals surface area (Å²) in [6.07, 6.45) is 1.79. The molecule has 0 atom stereocenters. The summed E-state index contributed by atoms with van der Waals surface area (Å²) in [6, 6.07) is 7.88. The van der Waals surface area contributed by atoms with Gasteiger partial charge in [0.2, 0.25) is 0 Å². The van der Waals surface area contributed by atoms with E-state index in [2.05, 4.69) is 9.97 Å². The van der Waals surface area contributed by atoms with Crippen LogP contribution in [0.5, 0.6) is 0 Å². The van der Waals surface area contributed by atoms with E-state index in [1.54, 1.807) is 6.92 Å². The molecule has 0 saturated carbocycles. The van der Waals surface area contributed by atoms with Crippen LogP contribution in [0, 0.1) is 6.92 Å². The van der Waals surface area contributed by atoms with Gasteiger partial charge in [-0.2, -0.15) is 0 Å². The summed E-state index contributed by atoms with van der Waals surface area (Å²) in [5, 5.41) is 0. The first-order valence-corrected chi connectivity index (χ1v) is 6.41. The number of rotatable bonds is 4. The molecule has 1 aromatic carbocycles. The second-order valence-corrected chi connectivity index (χ2v) is 4.40. The van der Waals surface area contributed by atoms with Crippen LogP contribution in [-0.4, -0.2) is 22.5 Å². The molecular weight excluding hydrogens is 256 g/mol. The maximum absolute atomic E-state index is 11.8. The highest BCUT2D eigenvalue weighted by Gasteiger charge is 2.13. The van der Waals surface area contributed by atoms with E-state index in [4.69, 9.17) is 4.74 Å². The van der Waals surface area contributed by atoms with E-state index < -0.39 is 11.5 Å². The predicted octanol–water partition coefficient (Wildman–Crippen LogP) is 1.85. The molecular formula is C15H16N2O3. The van der Waals surface area contributed by atoms with Crippen LogP contribution in [0.1, 0.15) is 34.2 Å². The molecule has 2 aromatic rings. The van der Waals surface area contributed by atoms with Gasteiger partial charge in [-0.1, -0.05) is 24.3 Å². The third-order valence-electron chi connectivity index (χ3n) is 2.97. The molecule has 5 heteroatoms. The summed E-state index contributed by atoms with van der Waals surface area (Å²) in [5.41, 5.74) is 1.67. The molecule has 0 unspecified atom stereocenters. The fourth-order valence-corrected chi connectivity index (χ4v) is 1.86. The summed E-state index contributed by atoms with van der Waals surface area (Å²) >= 11 is 0. The van der Waals surface area contributed by atoms with Crippen molar-refractivity contribution >= 4 is 5.97 Å². The van der Waals surface area contributed by atoms with E-state index in [1.807, 2.05) is 31.2 Å². The number of aromatic amines is 1. The topological polar surface area (TPSA) is 72.0 Å². The number of nitrogens with one attached hydrogen (secondary N) is 1. The average Bonchev–Trinajstić information content (AvgIpc) is 2.42. The number of nitrogens with zero attached hydrogens (tertiary/aromatic N) is 1. The van der Waals surface area contributed by atoms with Gasteiger partial charge >= 0.3 is 5.97 Å². The van der Waals surface area contributed by atoms with Gasteiger partial charge in [0.05, 0.1) is 6.61 Å². The maximum atomic E-state index is 11.8. The third-order valence-corrected chi connectivity index (χ3v) is 2.97. The fraction of sp³-hybridized carbons (Fsp3) is 0.267. The van der Waals surface area contributed by atoms with E-state index in [1.165, 1.54) is 6.20 Å². The van der Waals surface area contributed by atoms with Crippen LogP contribution in [0.2, 0.25) is 0 Å². The highest BCUT2D eigenvalue weighted by molar-refractivity contribution is 5.88. The first-order valence-electron chi connectivity index (χ1n) is 6.41. The summed E-state index contributed by atoms with van der Waals surface area (Å²) in [6.45, 7) is 3.91. The van der Waals surface area contributed by atoms with Crippen LogP contribution >= 0.6 is 0 Å². The van der Waals surface area contributed by atoms with Crippen molar-refractivity contribution in [3.05, 3.63) is 63.3 Å². The minimum atomic E-state index is -0.649. The molecule has 0 bridgehead atoms. The number of H-pyrrole nitrogens is 1. The molecule has 0 amide bonds. The van der Waals surface area contributed by atoms with Gasteiger partial charge in [-0.05, 0) is 25.0 Å². The van der Waals surface area contributed by atoms with Crippen LogP contribution < -0.4 is 5.56 Å². The molecule has 1 N–H and O–H groups in total. The molecule has 20 heavy (non-hydrogen) atoms. The highest BCUT2D eigenvalue weighted by Crippen LogP contribution is 2.10. The van der Waals surface area contributed by atoms with Crippen LogP contribution in [0.15, 0.2) is 35.3 Å². The van der Waals surface area contributed by atoms with Crippen LogP contribution in [0.3, 0.4) is 0 Å². The molecule has 104 valence electrons. The van der Waals surface area contributed by atoms with Crippen LogP contribution in [-0.2, 0) is 11.2 Å². The van der Waals surface area contributed by atoms with Crippen molar-refractivity contribution in [2.75, 3.05) is 6.61 Å². The number of esters is 1. The van der Waals surface area contributed by atoms with Gasteiger partial charge < -0.3 is 9.72 Å². The number of aryl methyl sites for hydroxylation is 1. The van der Waals surface area contributed by atoms with Crippen molar-refractivity contribution in [1.29, 1.82) is 0 Å². The Hall–Kier alpha value is -2.43. The summed E-state index contributed by atoms with van der Waals surface area (Å²) in [5.74, 6) is -0.124. The maximum Gasteiger partial charge on any atom is 0.345 e. The number of hydrogen-bond donors (Lipinski definition) is 1. The third kappa shape index (κ3) is 3.12. The van der Waals surface area contributed by atoms with E-state index >= 15 is 0 Å². The second kappa shape index (κ2) is 6.14. The number of carbonyl (C=O) groups is 1. The molecule has 0 aliphatic carbocycles. The monoisotopic (exact) mass is 272 g/mol. The molecule has 0 spiro atoms. The number of hydrogen-bond acceptors (Lipinski definition) is 4. The molecule has 0 radical (unpaired) electrons. The second-order valence-electron chi connectivity index (χ2n) is 4.40. The predicted molar refractivity (Wildman–Crippen MR) is 74.8 cm³/mol. The van der Waals surface area contributed by atoms with Gasteiger partial charge in [-0.3, -0.25) is 4.79 Å². The van der Waals surface area contributed by atoms with Gasteiger partial charge in [-0.25, -0.2) is 9.78 Å². The van der Waals surface area contributed by atoms with E-state index in [0.29, 0.717) is 12.2 Å². The van der Waals surface area contributed by atoms with Crippen molar-refractivity contribution in [1.82, 2.24) is 9.97 Å². The number of ether oxygens (including phenoxy) is 1. The number of benzene rings is 1. The zero-order valence-electron chi connectivity index (χ0n) is 11.5. The van der Waals surface area contributed by atoms with Crippen molar-refractivity contribution in [3.8, 4) is 0 Å². The highest BCUT2D eigenvalue weighted by atomic mass is 16.5. The Balaban J connectivity index is 2.24. The van der Waals surface area contributed by atoms with Gasteiger partial charge in [0, 0.05) is 12.6 Å². The largest absolute Gasteiger partial charge is 0.462 e. The molecule has 0 saturated heterocycles. The van der Waals surface area contributed by atoms with Gasteiger partial charge in [-0.15, -0.1) is 0 Å². The van der Waals surface area contributed by atoms with E-state index in [0.717, 1.165) is 11.1 Å². The Morgan fingerprint density at radius 2 is 2.10 bits per heavy atom. The van der Waals surface area contributed by atoms with E-state index in [-0.39, 0.29) is 12.2 Å². The quantitative estimate of drug-likeness (QED) is 0.862. The lowest BCUT2D eigenvalue weighted by atomic mass is 10.1. The number of aromatic nitrogens is 2. The average molecular weight is 272 g/mol. The first-order chi connectivity index (χ1) is 9.61. The lowest BCUT2D eigenvalue weighted by Crippen LogP contribution is -2.22. The molecule has 0 aliphatic heterocycles. The fourth-order valence-electron chi connectivity index (χ4n) is 1.86. The van der Waals surface area contributed by atoms with E-state index in [9.17, 15) is 9.59 Å². The molecule has 1 aromatic heterocycles. The normalized spacial score (nSPS) is 10.3. The van der Waals surface area contributed by atoms with Gasteiger partial charge in [0.15, 0.2) is 0 Å². The standard InChI is InChI=1S/C15H16N2O3/c1-3-20-15(19)12-9-16-13(17-14(12)18)8-11-7-5-4-6-10(11)2/h4-7,9H,3,8H2,1-2H3,(H,16,17,18). The van der Waals surface area contributed by atoms with Gasteiger partial charge in [0.1, 0.15) is 11.4 Å². The Morgan fingerprint density at radius 1 is 1.35 bits per heavy atom. The van der Waals surface area contributed by atoms with Crippen molar-refractivity contribution < 1.29 is 9.53 Å². The minimum Gasteiger partial charge on any atom is -0.462 e. The Morgan fingerprint density at radius 3 is 2.75 bits per heavy atom. The SMILES string of the molecule is CCOC(=O)c1cnc(Cc2ccccc2C)[nH]c1=O. The Bertz CT molecular complexity index is 677. The lowest BCUT2D eigenvalue weighted by Gasteiger charge is -2.05. The van der Waals surface area contributed by atoms with Crippen molar-refractivity contribution in [3.63, 3.8) is 0 Å². The Kier molecular flexibility index (Phi) is 4.30. The molecule has 0 aliphatic rings.